The van der Waals surface area contributed by atoms with Gasteiger partial charge in [-0.2, -0.15) is 0 Å². The molecule has 5 rings (SSSR count). The van der Waals surface area contributed by atoms with E-state index >= 15 is 0 Å². The Morgan fingerprint density at radius 3 is 2.29 bits per heavy atom. The summed E-state index contributed by atoms with van der Waals surface area (Å²) in [5.74, 6) is 0.844. The molecule has 0 heterocycles. The number of carbonyl (C=O) groups excluding carboxylic acids is 3. The van der Waals surface area contributed by atoms with Gasteiger partial charge in [0.1, 0.15) is 12.4 Å². The maximum absolute atomic E-state index is 13.4. The number of esters is 2. The molecule has 0 N–H and O–H groups in total. The predicted octanol–water partition coefficient (Wildman–Crippen LogP) is 7.07. The Kier molecular flexibility index (Phi) is 6.37. The van der Waals surface area contributed by atoms with Gasteiger partial charge in [0, 0.05) is 13.3 Å². The van der Waals surface area contributed by atoms with E-state index in [2.05, 4.69) is 47.6 Å². The van der Waals surface area contributed by atoms with Crippen LogP contribution in [0.15, 0.2) is 11.6 Å². The first kappa shape index (κ1) is 27.9. The van der Waals surface area contributed by atoms with E-state index in [1.807, 2.05) is 0 Å². The molecule has 3 unspecified atom stereocenters. The molecular formula is C33H50O5. The average molecular weight is 527 g/mol. The Morgan fingerprint density at radius 1 is 0.947 bits per heavy atom. The molecule has 212 valence electrons. The fraction of sp³-hybridized carbons (Fsp3) is 0.848. The summed E-state index contributed by atoms with van der Waals surface area (Å²) in [6.45, 7) is 15.9. The predicted molar refractivity (Wildman–Crippen MR) is 147 cm³/mol. The van der Waals surface area contributed by atoms with E-state index in [0.717, 1.165) is 57.8 Å². The van der Waals surface area contributed by atoms with Crippen molar-refractivity contribution in [3.8, 4) is 0 Å². The average Bonchev–Trinajstić information content (AvgIpc) is 2.85. The number of ketones is 1. The molecule has 5 aliphatic rings. The quantitative estimate of drug-likeness (QED) is 0.290. The summed E-state index contributed by atoms with van der Waals surface area (Å²) in [6, 6.07) is 0. The third-order valence-electron chi connectivity index (χ3n) is 13.4. The third-order valence-corrected chi connectivity index (χ3v) is 13.4. The molecular weight excluding hydrogens is 476 g/mol. The van der Waals surface area contributed by atoms with Crippen molar-refractivity contribution in [3.63, 3.8) is 0 Å². The zero-order chi connectivity index (χ0) is 27.9. The van der Waals surface area contributed by atoms with Crippen molar-refractivity contribution < 1.29 is 23.9 Å². The van der Waals surface area contributed by atoms with Crippen molar-refractivity contribution >= 4 is 17.7 Å². The van der Waals surface area contributed by atoms with E-state index in [9.17, 15) is 14.4 Å². The summed E-state index contributed by atoms with van der Waals surface area (Å²) in [5, 5.41) is 0. The molecule has 0 aromatic heterocycles. The Balaban J connectivity index is 1.56. The number of Topliss-reactive ketones (excluding diaryl/α,β-unsaturated/α-hetero) is 1. The minimum Gasteiger partial charge on any atom is -0.469 e. The Hall–Kier alpha value is -1.65. The smallest absolute Gasteiger partial charge is 0.312 e. The summed E-state index contributed by atoms with van der Waals surface area (Å²) >= 11 is 0. The number of carbonyl (C=O) groups is 3. The molecule has 0 saturated heterocycles. The van der Waals surface area contributed by atoms with Crippen LogP contribution in [0.4, 0.5) is 0 Å². The second-order valence-corrected chi connectivity index (χ2v) is 15.5. The molecule has 4 fully saturated rings. The number of hydrogen-bond donors (Lipinski definition) is 0. The SMILES string of the molecule is COC(=O)[C@]12CCC(C)(C)CC1C1=CCC3[C@@]4(C)CCC(=O)[C@@](C)(COC(C)=O)C4CC[C@@]3(C)[C@]1(C)CC2. The highest BCUT2D eigenvalue weighted by atomic mass is 16.5. The number of methoxy groups -OCH3 is 1. The molecule has 4 saturated carbocycles. The fourth-order valence-corrected chi connectivity index (χ4v) is 10.9. The summed E-state index contributed by atoms with van der Waals surface area (Å²) in [7, 11) is 1.56. The summed E-state index contributed by atoms with van der Waals surface area (Å²) in [5.41, 5.74) is 0.846. The van der Waals surface area contributed by atoms with Crippen LogP contribution in [0, 0.1) is 50.2 Å². The molecule has 5 nitrogen and oxygen atoms in total. The maximum atomic E-state index is 13.4. The molecule has 0 bridgehead atoms. The summed E-state index contributed by atoms with van der Waals surface area (Å²) in [4.78, 5) is 38.5. The van der Waals surface area contributed by atoms with Crippen molar-refractivity contribution in [2.45, 2.75) is 113 Å². The molecule has 5 aliphatic carbocycles. The van der Waals surface area contributed by atoms with Gasteiger partial charge in [-0.15, -0.1) is 0 Å². The van der Waals surface area contributed by atoms with Crippen molar-refractivity contribution in [3.05, 3.63) is 11.6 Å². The van der Waals surface area contributed by atoms with Gasteiger partial charge in [-0.25, -0.2) is 0 Å². The lowest BCUT2D eigenvalue weighted by molar-refractivity contribution is -0.197. The lowest BCUT2D eigenvalue weighted by Gasteiger charge is -2.70. The van der Waals surface area contributed by atoms with E-state index in [1.165, 1.54) is 12.5 Å². The van der Waals surface area contributed by atoms with Gasteiger partial charge in [0.2, 0.25) is 0 Å². The van der Waals surface area contributed by atoms with Gasteiger partial charge in [-0.05, 0) is 104 Å². The van der Waals surface area contributed by atoms with Gasteiger partial charge in [-0.3, -0.25) is 14.4 Å². The molecule has 0 amide bonds. The Bertz CT molecular complexity index is 1070. The van der Waals surface area contributed by atoms with Crippen LogP contribution in [-0.2, 0) is 23.9 Å². The van der Waals surface area contributed by atoms with E-state index in [-0.39, 0.29) is 63.2 Å². The second kappa shape index (κ2) is 8.67. The van der Waals surface area contributed by atoms with Crippen LogP contribution >= 0.6 is 0 Å². The zero-order valence-corrected chi connectivity index (χ0v) is 25.1. The number of ether oxygens (including phenoxy) is 2. The van der Waals surface area contributed by atoms with Crippen molar-refractivity contribution in [2.24, 2.45) is 50.2 Å². The number of allylic oxidation sites excluding steroid dienone is 2. The van der Waals surface area contributed by atoms with E-state index < -0.39 is 5.41 Å². The maximum Gasteiger partial charge on any atom is 0.312 e. The lowest BCUT2D eigenvalue weighted by Crippen LogP contribution is -2.65. The first-order valence-corrected chi connectivity index (χ1v) is 15.1. The fourth-order valence-electron chi connectivity index (χ4n) is 10.9. The highest BCUT2D eigenvalue weighted by Gasteiger charge is 2.70. The number of hydrogen-bond acceptors (Lipinski definition) is 5. The van der Waals surface area contributed by atoms with Gasteiger partial charge >= 0.3 is 11.9 Å². The summed E-state index contributed by atoms with van der Waals surface area (Å²) < 4.78 is 11.0. The molecule has 0 aromatic rings. The van der Waals surface area contributed by atoms with Crippen LogP contribution in [0.5, 0.6) is 0 Å². The van der Waals surface area contributed by atoms with Gasteiger partial charge < -0.3 is 9.47 Å². The first-order chi connectivity index (χ1) is 17.6. The molecule has 5 heteroatoms. The largest absolute Gasteiger partial charge is 0.469 e. The number of rotatable bonds is 3. The topological polar surface area (TPSA) is 69.7 Å². The van der Waals surface area contributed by atoms with Crippen molar-refractivity contribution in [1.29, 1.82) is 0 Å². The van der Waals surface area contributed by atoms with Crippen LogP contribution in [0.2, 0.25) is 0 Å². The van der Waals surface area contributed by atoms with Crippen LogP contribution < -0.4 is 0 Å². The van der Waals surface area contributed by atoms with E-state index in [4.69, 9.17) is 9.47 Å². The zero-order valence-electron chi connectivity index (χ0n) is 25.1. The highest BCUT2D eigenvalue weighted by molar-refractivity contribution is 5.86. The van der Waals surface area contributed by atoms with Gasteiger partial charge in [0.05, 0.1) is 17.9 Å². The Labute approximate surface area is 229 Å². The first-order valence-electron chi connectivity index (χ1n) is 15.1. The third kappa shape index (κ3) is 3.58. The van der Waals surface area contributed by atoms with E-state index in [0.29, 0.717) is 12.3 Å². The minimum absolute atomic E-state index is 0.00354. The standard InChI is InChI=1S/C33H50O5/c1-21(34)38-20-30(5)24-11-14-32(7)25(29(24,4)13-12-26(30)35)10-9-22-23-19-28(2,3)15-17-33(23,27(36)37-8)18-16-31(22,32)6/h9,23-25H,10-20H2,1-8H3/t23?,24?,25?,29-,30-,31+,32+,33-/m0/s1. The highest BCUT2D eigenvalue weighted by Crippen LogP contribution is 2.75. The van der Waals surface area contributed by atoms with Gasteiger partial charge in [0.25, 0.3) is 0 Å². The van der Waals surface area contributed by atoms with Crippen LogP contribution in [0.3, 0.4) is 0 Å². The van der Waals surface area contributed by atoms with Crippen LogP contribution in [0.25, 0.3) is 0 Å². The van der Waals surface area contributed by atoms with Crippen molar-refractivity contribution in [2.75, 3.05) is 13.7 Å². The van der Waals surface area contributed by atoms with Crippen LogP contribution in [-0.4, -0.2) is 31.4 Å². The molecule has 0 spiro atoms. The molecule has 0 aliphatic heterocycles. The molecule has 0 radical (unpaired) electrons. The number of fused-ring (bicyclic) bond motifs is 7. The van der Waals surface area contributed by atoms with Gasteiger partial charge in [0.15, 0.2) is 0 Å². The lowest BCUT2D eigenvalue weighted by atomic mass is 9.33. The molecule has 8 atom stereocenters. The second-order valence-electron chi connectivity index (χ2n) is 15.5. The summed E-state index contributed by atoms with van der Waals surface area (Å²) in [6.07, 6.45) is 12.0. The normalized spacial score (nSPS) is 47.4. The Morgan fingerprint density at radius 2 is 1.63 bits per heavy atom. The van der Waals surface area contributed by atoms with Crippen LogP contribution in [0.1, 0.15) is 113 Å². The minimum atomic E-state index is -0.620. The van der Waals surface area contributed by atoms with E-state index in [1.54, 1.807) is 7.11 Å². The molecule has 0 aromatic carbocycles. The molecule has 38 heavy (non-hydrogen) atoms. The monoisotopic (exact) mass is 526 g/mol. The van der Waals surface area contributed by atoms with Crippen molar-refractivity contribution in [1.82, 2.24) is 0 Å². The van der Waals surface area contributed by atoms with Gasteiger partial charge in [-0.1, -0.05) is 46.3 Å².